The van der Waals surface area contributed by atoms with Crippen LogP contribution in [-0.2, 0) is 11.2 Å². The Labute approximate surface area is 192 Å². The topological polar surface area (TPSA) is 78.0 Å². The van der Waals surface area contributed by atoms with Gasteiger partial charge in [-0.3, -0.25) is 14.7 Å². The molecule has 1 amide bonds. The highest BCUT2D eigenvalue weighted by atomic mass is 127. The van der Waals surface area contributed by atoms with Gasteiger partial charge in [0.05, 0.1) is 13.2 Å². The fraction of sp³-hybridized carbons (Fsp3) is 0.619. The molecule has 0 unspecified atom stereocenters. The van der Waals surface area contributed by atoms with Crippen LogP contribution in [0.3, 0.4) is 0 Å². The van der Waals surface area contributed by atoms with Crippen molar-refractivity contribution in [1.29, 1.82) is 0 Å². The van der Waals surface area contributed by atoms with E-state index >= 15 is 0 Å². The molecular weight excluding hydrogens is 481 g/mol. The molecule has 29 heavy (non-hydrogen) atoms. The minimum Gasteiger partial charge on any atom is -0.494 e. The first-order valence-electron chi connectivity index (χ1n) is 10.3. The van der Waals surface area contributed by atoms with Gasteiger partial charge in [0.1, 0.15) is 5.75 Å². The van der Waals surface area contributed by atoms with E-state index in [4.69, 9.17) is 4.74 Å². The maximum absolute atomic E-state index is 11.5. The van der Waals surface area contributed by atoms with Crippen LogP contribution in [0, 0.1) is 0 Å². The van der Waals surface area contributed by atoms with Crippen molar-refractivity contribution in [3.63, 3.8) is 0 Å². The maximum Gasteiger partial charge on any atom is 0.233 e. The molecule has 0 spiro atoms. The summed E-state index contributed by atoms with van der Waals surface area (Å²) >= 11 is 0. The number of likely N-dealkylation sites (tertiary alicyclic amines) is 1. The first-order valence-corrected chi connectivity index (χ1v) is 10.3. The molecule has 0 radical (unpaired) electrons. The van der Waals surface area contributed by atoms with Crippen LogP contribution in [0.4, 0.5) is 0 Å². The molecule has 8 heteroatoms. The molecule has 7 nitrogen and oxygen atoms in total. The van der Waals surface area contributed by atoms with Crippen LogP contribution in [0.2, 0.25) is 0 Å². The van der Waals surface area contributed by atoms with Gasteiger partial charge in [0.15, 0.2) is 5.96 Å². The van der Waals surface area contributed by atoms with Crippen LogP contribution in [0.15, 0.2) is 29.3 Å². The molecule has 0 aromatic heterocycles. The van der Waals surface area contributed by atoms with Gasteiger partial charge < -0.3 is 20.7 Å². The lowest BCUT2D eigenvalue weighted by molar-refractivity contribution is -0.122. The van der Waals surface area contributed by atoms with Crippen molar-refractivity contribution >= 4 is 35.8 Å². The third kappa shape index (κ3) is 9.66. The van der Waals surface area contributed by atoms with Crippen LogP contribution in [0.1, 0.15) is 31.7 Å². The highest BCUT2D eigenvalue weighted by Crippen LogP contribution is 2.14. The zero-order valence-electron chi connectivity index (χ0n) is 17.9. The van der Waals surface area contributed by atoms with Gasteiger partial charge in [-0.05, 0) is 43.4 Å². The summed E-state index contributed by atoms with van der Waals surface area (Å²) < 4.78 is 5.70. The van der Waals surface area contributed by atoms with Crippen molar-refractivity contribution in [3.05, 3.63) is 29.8 Å². The average molecular weight is 517 g/mol. The normalized spacial score (nSPS) is 15.3. The van der Waals surface area contributed by atoms with Crippen molar-refractivity contribution in [2.75, 3.05) is 46.9 Å². The van der Waals surface area contributed by atoms with E-state index in [1.807, 2.05) is 12.1 Å². The number of hydrogen-bond donors (Lipinski definition) is 3. The van der Waals surface area contributed by atoms with E-state index < -0.39 is 0 Å². The van der Waals surface area contributed by atoms with Gasteiger partial charge in [-0.2, -0.15) is 0 Å². The minimum atomic E-state index is 0. The lowest BCUT2D eigenvalue weighted by Gasteiger charge is -2.32. The minimum absolute atomic E-state index is 0. The Bertz CT molecular complexity index is 633. The predicted octanol–water partition coefficient (Wildman–Crippen LogP) is 2.01. The number of rotatable bonds is 9. The maximum atomic E-state index is 11.5. The third-order valence-electron chi connectivity index (χ3n) is 4.88. The van der Waals surface area contributed by atoms with E-state index in [0.29, 0.717) is 12.6 Å². The van der Waals surface area contributed by atoms with Gasteiger partial charge in [-0.1, -0.05) is 19.1 Å². The summed E-state index contributed by atoms with van der Waals surface area (Å²) in [5.74, 6) is 1.85. The molecule has 0 saturated carbocycles. The second kappa shape index (κ2) is 14.4. The third-order valence-corrected chi connectivity index (χ3v) is 4.88. The van der Waals surface area contributed by atoms with Crippen LogP contribution >= 0.6 is 24.0 Å². The molecular formula is C21H36IN5O2. The second-order valence-corrected chi connectivity index (χ2v) is 7.11. The summed E-state index contributed by atoms with van der Waals surface area (Å²) in [5.41, 5.74) is 1.25. The van der Waals surface area contributed by atoms with Crippen LogP contribution in [0.25, 0.3) is 0 Å². The van der Waals surface area contributed by atoms with Gasteiger partial charge in [-0.25, -0.2) is 0 Å². The summed E-state index contributed by atoms with van der Waals surface area (Å²) in [4.78, 5) is 18.0. The Morgan fingerprint density at radius 3 is 2.72 bits per heavy atom. The average Bonchev–Trinajstić information content (AvgIpc) is 2.73. The van der Waals surface area contributed by atoms with Crippen molar-refractivity contribution < 1.29 is 9.53 Å². The number of aliphatic imine (C=N–C) groups is 1. The van der Waals surface area contributed by atoms with Gasteiger partial charge in [-0.15, -0.1) is 24.0 Å². The highest BCUT2D eigenvalue weighted by Gasteiger charge is 2.21. The first kappa shape index (κ1) is 25.5. The summed E-state index contributed by atoms with van der Waals surface area (Å²) in [7, 11) is 3.48. The van der Waals surface area contributed by atoms with Crippen molar-refractivity contribution in [2.45, 2.75) is 38.6 Å². The molecule has 0 aliphatic carbocycles. The number of piperidine rings is 1. The van der Waals surface area contributed by atoms with Crippen molar-refractivity contribution in [1.82, 2.24) is 20.9 Å². The number of ether oxygens (including phenoxy) is 1. The van der Waals surface area contributed by atoms with Crippen LogP contribution in [0.5, 0.6) is 5.75 Å². The Kier molecular flexibility index (Phi) is 12.7. The van der Waals surface area contributed by atoms with E-state index in [1.54, 1.807) is 14.1 Å². The number of hydrogen-bond acceptors (Lipinski definition) is 4. The molecule has 0 atom stereocenters. The van der Waals surface area contributed by atoms with Gasteiger partial charge >= 0.3 is 0 Å². The SMILES string of the molecule is CCCOc1cccc(CCNC(=NC)NC2CCN(CC(=O)NC)CC2)c1.I. The van der Waals surface area contributed by atoms with Crippen molar-refractivity contribution in [3.8, 4) is 5.75 Å². The fourth-order valence-electron chi connectivity index (χ4n) is 3.24. The number of halogens is 1. The zero-order valence-corrected chi connectivity index (χ0v) is 20.2. The molecule has 1 heterocycles. The van der Waals surface area contributed by atoms with E-state index in [0.717, 1.165) is 63.6 Å². The lowest BCUT2D eigenvalue weighted by Crippen LogP contribution is -2.50. The van der Waals surface area contributed by atoms with E-state index in [1.165, 1.54) is 5.56 Å². The van der Waals surface area contributed by atoms with Crippen molar-refractivity contribution in [2.24, 2.45) is 4.99 Å². The highest BCUT2D eigenvalue weighted by molar-refractivity contribution is 14.0. The smallest absolute Gasteiger partial charge is 0.233 e. The summed E-state index contributed by atoms with van der Waals surface area (Å²) in [6.45, 7) is 6.00. The largest absolute Gasteiger partial charge is 0.494 e. The summed E-state index contributed by atoms with van der Waals surface area (Å²) in [6, 6.07) is 8.66. The zero-order chi connectivity index (χ0) is 20.2. The second-order valence-electron chi connectivity index (χ2n) is 7.11. The molecule has 0 bridgehead atoms. The number of nitrogens with zero attached hydrogens (tertiary/aromatic N) is 2. The first-order chi connectivity index (χ1) is 13.6. The Morgan fingerprint density at radius 2 is 2.07 bits per heavy atom. The molecule has 3 N–H and O–H groups in total. The lowest BCUT2D eigenvalue weighted by atomic mass is 10.1. The molecule has 1 fully saturated rings. The van der Waals surface area contributed by atoms with Crippen LogP contribution < -0.4 is 20.7 Å². The Balaban J connectivity index is 0.00000420. The fourth-order valence-corrected chi connectivity index (χ4v) is 3.24. The molecule has 1 aliphatic rings. The molecule has 1 saturated heterocycles. The van der Waals surface area contributed by atoms with Gasteiger partial charge in [0.25, 0.3) is 0 Å². The standard InChI is InChI=1S/C21H35N5O2.HI/c1-4-14-28-19-7-5-6-17(15-19)8-11-24-21(23-3)25-18-9-12-26(13-10-18)16-20(27)22-2;/h5-7,15,18H,4,8-14,16H2,1-3H3,(H,22,27)(H2,23,24,25);1H. The number of guanidine groups is 1. The molecule has 2 rings (SSSR count). The predicted molar refractivity (Wildman–Crippen MR) is 129 cm³/mol. The monoisotopic (exact) mass is 517 g/mol. The summed E-state index contributed by atoms with van der Waals surface area (Å²) in [6.07, 6.45) is 3.94. The summed E-state index contributed by atoms with van der Waals surface area (Å²) in [5, 5.41) is 9.59. The number of benzene rings is 1. The molecule has 164 valence electrons. The van der Waals surface area contributed by atoms with E-state index in [9.17, 15) is 4.79 Å². The van der Waals surface area contributed by atoms with Crippen LogP contribution in [-0.4, -0.2) is 69.7 Å². The van der Waals surface area contributed by atoms with Gasteiger partial charge in [0, 0.05) is 39.8 Å². The molecule has 1 aromatic carbocycles. The number of amides is 1. The van der Waals surface area contributed by atoms with E-state index in [-0.39, 0.29) is 29.9 Å². The Hall–Kier alpha value is -1.55. The molecule has 1 aliphatic heterocycles. The number of carbonyl (C=O) groups excluding carboxylic acids is 1. The Morgan fingerprint density at radius 1 is 1.31 bits per heavy atom. The number of nitrogens with one attached hydrogen (secondary N) is 3. The van der Waals surface area contributed by atoms with E-state index in [2.05, 4.69) is 44.9 Å². The quantitative estimate of drug-likeness (QED) is 0.266. The number of carbonyl (C=O) groups is 1. The number of likely N-dealkylation sites (N-methyl/N-ethyl adjacent to an activating group) is 1. The van der Waals surface area contributed by atoms with Gasteiger partial charge in [0.2, 0.25) is 5.91 Å². The molecule has 1 aromatic rings.